The lowest BCUT2D eigenvalue weighted by molar-refractivity contribution is -0.117. The van der Waals surface area contributed by atoms with Crippen LogP contribution < -0.4 is 10.6 Å². The lowest BCUT2D eigenvalue weighted by atomic mass is 10.1. The summed E-state index contributed by atoms with van der Waals surface area (Å²) in [5, 5.41) is 5.27. The van der Waals surface area contributed by atoms with Crippen molar-refractivity contribution in [3.05, 3.63) is 60.7 Å². The van der Waals surface area contributed by atoms with Crippen molar-refractivity contribution in [2.75, 3.05) is 12.3 Å². The minimum atomic E-state index is -0.491. The molecule has 1 aromatic heterocycles. The van der Waals surface area contributed by atoms with E-state index in [0.29, 0.717) is 17.5 Å². The van der Waals surface area contributed by atoms with Gasteiger partial charge in [0.05, 0.1) is 5.75 Å². The van der Waals surface area contributed by atoms with Gasteiger partial charge in [0.2, 0.25) is 5.91 Å². The molecule has 0 fully saturated rings. The zero-order chi connectivity index (χ0) is 19.8. The van der Waals surface area contributed by atoms with E-state index in [1.54, 1.807) is 0 Å². The Balaban J connectivity index is 1.75. The summed E-state index contributed by atoms with van der Waals surface area (Å²) in [6, 6.07) is 19.0. The third kappa shape index (κ3) is 5.23. The number of aromatic nitrogens is 1. The summed E-state index contributed by atoms with van der Waals surface area (Å²) in [4.78, 5) is 28.1. The fourth-order valence-electron chi connectivity index (χ4n) is 2.51. The van der Waals surface area contributed by atoms with Gasteiger partial charge in [-0.05, 0) is 6.42 Å². The number of nitrogens with one attached hydrogen (secondary N) is 2. The van der Waals surface area contributed by atoms with E-state index in [4.69, 9.17) is 4.42 Å². The summed E-state index contributed by atoms with van der Waals surface area (Å²) >= 11 is 1.15. The molecular weight excluding hydrogens is 374 g/mol. The van der Waals surface area contributed by atoms with E-state index in [2.05, 4.69) is 15.6 Å². The van der Waals surface area contributed by atoms with Crippen molar-refractivity contribution in [2.45, 2.75) is 18.6 Å². The smallest absolute Gasteiger partial charge is 0.321 e. The highest BCUT2D eigenvalue weighted by molar-refractivity contribution is 7.99. The molecule has 3 rings (SSSR count). The first-order chi connectivity index (χ1) is 13.7. The first kappa shape index (κ1) is 19.7. The second kappa shape index (κ2) is 9.75. The minimum absolute atomic E-state index is 0.0303. The van der Waals surface area contributed by atoms with Crippen LogP contribution in [0.5, 0.6) is 0 Å². The highest BCUT2D eigenvalue weighted by Gasteiger charge is 2.18. The molecule has 6 nitrogen and oxygen atoms in total. The summed E-state index contributed by atoms with van der Waals surface area (Å²) in [6.45, 7) is 2.46. The van der Waals surface area contributed by atoms with Crippen molar-refractivity contribution < 1.29 is 14.0 Å². The SMILES string of the molecule is CCCNC(=O)NC(=O)CSc1nc(-c2ccccc2)c(-c2ccccc2)o1. The highest BCUT2D eigenvalue weighted by Crippen LogP contribution is 2.35. The van der Waals surface area contributed by atoms with E-state index in [0.717, 1.165) is 35.0 Å². The van der Waals surface area contributed by atoms with Crippen LogP contribution in [0.2, 0.25) is 0 Å². The zero-order valence-electron chi connectivity index (χ0n) is 15.5. The molecule has 28 heavy (non-hydrogen) atoms. The predicted molar refractivity (Wildman–Crippen MR) is 110 cm³/mol. The zero-order valence-corrected chi connectivity index (χ0v) is 16.3. The molecule has 1 heterocycles. The lowest BCUT2D eigenvalue weighted by Gasteiger charge is -2.04. The van der Waals surface area contributed by atoms with Gasteiger partial charge < -0.3 is 9.73 Å². The molecule has 0 aliphatic heterocycles. The number of benzene rings is 2. The number of rotatable bonds is 7. The number of carbonyl (C=O) groups is 2. The maximum atomic E-state index is 12.0. The van der Waals surface area contributed by atoms with Gasteiger partial charge in [-0.2, -0.15) is 0 Å². The molecule has 0 radical (unpaired) electrons. The molecule has 144 valence electrons. The summed E-state index contributed by atoms with van der Waals surface area (Å²) in [5.41, 5.74) is 2.56. The Kier molecular flexibility index (Phi) is 6.86. The van der Waals surface area contributed by atoms with Crippen LogP contribution in [0.15, 0.2) is 70.3 Å². The third-order valence-corrected chi connectivity index (χ3v) is 4.63. The van der Waals surface area contributed by atoms with Crippen molar-refractivity contribution in [2.24, 2.45) is 0 Å². The number of thioether (sulfide) groups is 1. The number of hydrogen-bond donors (Lipinski definition) is 2. The van der Waals surface area contributed by atoms with Gasteiger partial charge in [0, 0.05) is 17.7 Å². The summed E-state index contributed by atoms with van der Waals surface area (Å²) in [7, 11) is 0. The number of imide groups is 1. The Morgan fingerprint density at radius 3 is 2.29 bits per heavy atom. The van der Waals surface area contributed by atoms with Gasteiger partial charge in [0.15, 0.2) is 5.76 Å². The minimum Gasteiger partial charge on any atom is -0.431 e. The summed E-state index contributed by atoms with van der Waals surface area (Å²) in [6.07, 6.45) is 0.803. The number of urea groups is 1. The molecule has 0 spiro atoms. The molecular formula is C21H21N3O3S. The monoisotopic (exact) mass is 395 g/mol. The van der Waals surface area contributed by atoms with Crippen molar-refractivity contribution in [3.8, 4) is 22.6 Å². The first-order valence-corrected chi connectivity index (χ1v) is 9.98. The molecule has 0 bridgehead atoms. The van der Waals surface area contributed by atoms with E-state index in [-0.39, 0.29) is 5.75 Å². The topological polar surface area (TPSA) is 84.2 Å². The van der Waals surface area contributed by atoms with Gasteiger partial charge in [-0.3, -0.25) is 10.1 Å². The van der Waals surface area contributed by atoms with Crippen LogP contribution in [0.1, 0.15) is 13.3 Å². The number of oxazole rings is 1. The van der Waals surface area contributed by atoms with Gasteiger partial charge in [-0.25, -0.2) is 9.78 Å². The summed E-state index contributed by atoms with van der Waals surface area (Å²) in [5.74, 6) is 0.275. The van der Waals surface area contributed by atoms with Crippen LogP contribution in [0.4, 0.5) is 4.79 Å². The van der Waals surface area contributed by atoms with Crippen LogP contribution in [0.25, 0.3) is 22.6 Å². The Labute approximate surface area is 167 Å². The highest BCUT2D eigenvalue weighted by atomic mass is 32.2. The number of hydrogen-bond acceptors (Lipinski definition) is 5. The Morgan fingerprint density at radius 2 is 1.64 bits per heavy atom. The van der Waals surface area contributed by atoms with Gasteiger partial charge in [-0.1, -0.05) is 79.3 Å². The number of carbonyl (C=O) groups excluding carboxylic acids is 2. The molecule has 0 saturated carbocycles. The van der Waals surface area contributed by atoms with Crippen molar-refractivity contribution in [3.63, 3.8) is 0 Å². The Hall–Kier alpha value is -3.06. The molecule has 2 N–H and O–H groups in total. The standard InChI is InChI=1S/C21H21N3O3S/c1-2-13-22-20(26)23-17(25)14-28-21-24-18(15-9-5-3-6-10-15)19(27-21)16-11-7-4-8-12-16/h3-12H,2,13-14H2,1H3,(H2,22,23,25,26). The molecule has 0 unspecified atom stereocenters. The molecule has 3 amide bonds. The first-order valence-electron chi connectivity index (χ1n) is 8.99. The normalized spacial score (nSPS) is 10.5. The number of nitrogens with zero attached hydrogens (tertiary/aromatic N) is 1. The fraction of sp³-hybridized carbons (Fsp3) is 0.190. The van der Waals surface area contributed by atoms with Gasteiger partial charge >= 0.3 is 6.03 Å². The summed E-state index contributed by atoms with van der Waals surface area (Å²) < 4.78 is 5.95. The Bertz CT molecular complexity index is 870. The van der Waals surface area contributed by atoms with Crippen molar-refractivity contribution in [1.82, 2.24) is 15.6 Å². The molecule has 0 aliphatic rings. The Morgan fingerprint density at radius 1 is 1.00 bits per heavy atom. The molecule has 0 aliphatic carbocycles. The van der Waals surface area contributed by atoms with Crippen LogP contribution in [0, 0.1) is 0 Å². The van der Waals surface area contributed by atoms with E-state index in [9.17, 15) is 9.59 Å². The van der Waals surface area contributed by atoms with Crippen LogP contribution in [0.3, 0.4) is 0 Å². The second-order valence-electron chi connectivity index (χ2n) is 5.98. The molecule has 2 aromatic carbocycles. The van der Waals surface area contributed by atoms with Gasteiger partial charge in [0.25, 0.3) is 5.22 Å². The van der Waals surface area contributed by atoms with Crippen LogP contribution in [-0.4, -0.2) is 29.2 Å². The van der Waals surface area contributed by atoms with E-state index in [1.807, 2.05) is 67.6 Å². The van der Waals surface area contributed by atoms with E-state index in [1.165, 1.54) is 0 Å². The second-order valence-corrected chi connectivity index (χ2v) is 6.91. The van der Waals surface area contributed by atoms with E-state index < -0.39 is 11.9 Å². The molecule has 0 atom stereocenters. The molecule has 0 saturated heterocycles. The predicted octanol–water partition coefficient (Wildman–Crippen LogP) is 4.34. The van der Waals surface area contributed by atoms with E-state index >= 15 is 0 Å². The van der Waals surface area contributed by atoms with Crippen LogP contribution in [-0.2, 0) is 4.79 Å². The quantitative estimate of drug-likeness (QED) is 0.582. The molecule has 3 aromatic rings. The third-order valence-electron chi connectivity index (χ3n) is 3.81. The van der Waals surface area contributed by atoms with Crippen molar-refractivity contribution in [1.29, 1.82) is 0 Å². The lowest BCUT2D eigenvalue weighted by Crippen LogP contribution is -2.40. The maximum absolute atomic E-state index is 12.0. The van der Waals surface area contributed by atoms with Gasteiger partial charge in [-0.15, -0.1) is 0 Å². The average Bonchev–Trinajstić information content (AvgIpc) is 3.16. The fourth-order valence-corrected chi connectivity index (χ4v) is 3.14. The van der Waals surface area contributed by atoms with Gasteiger partial charge in [0.1, 0.15) is 5.69 Å². The maximum Gasteiger partial charge on any atom is 0.321 e. The average molecular weight is 395 g/mol. The van der Waals surface area contributed by atoms with Crippen molar-refractivity contribution >= 4 is 23.7 Å². The number of amides is 3. The largest absolute Gasteiger partial charge is 0.431 e. The molecule has 7 heteroatoms. The van der Waals surface area contributed by atoms with Crippen LogP contribution >= 0.6 is 11.8 Å².